The summed E-state index contributed by atoms with van der Waals surface area (Å²) in [6.45, 7) is 0. The smallest absolute Gasteiger partial charge is 0.251 e. The second kappa shape index (κ2) is 7.06. The van der Waals surface area contributed by atoms with Crippen molar-refractivity contribution >= 4 is 46.5 Å². The number of amides is 2. The van der Waals surface area contributed by atoms with Gasteiger partial charge in [-0.05, 0) is 23.8 Å². The molecule has 2 amide bonds. The summed E-state index contributed by atoms with van der Waals surface area (Å²) in [5, 5.41) is 10.6. The van der Waals surface area contributed by atoms with E-state index in [-0.39, 0.29) is 18.2 Å². The van der Waals surface area contributed by atoms with Crippen molar-refractivity contribution < 1.29 is 9.59 Å². The van der Waals surface area contributed by atoms with Crippen LogP contribution in [0, 0.1) is 0 Å². The van der Waals surface area contributed by atoms with E-state index in [9.17, 15) is 9.59 Å². The predicted molar refractivity (Wildman–Crippen MR) is 105 cm³/mol. The topological polar surface area (TPSA) is 76.0 Å². The van der Waals surface area contributed by atoms with Crippen LogP contribution in [-0.4, -0.2) is 21.6 Å². The number of anilines is 2. The van der Waals surface area contributed by atoms with Crippen molar-refractivity contribution in [2.45, 2.75) is 12.5 Å². The predicted octanol–water partition coefficient (Wildman–Crippen LogP) is 4.38. The third-order valence-electron chi connectivity index (χ3n) is 4.30. The minimum atomic E-state index is -0.719. The highest BCUT2D eigenvalue weighted by atomic mass is 35.5. The van der Waals surface area contributed by atoms with E-state index >= 15 is 0 Å². The Hall–Kier alpha value is -2.83. The molecule has 2 N–H and O–H groups in total. The van der Waals surface area contributed by atoms with Gasteiger partial charge in [0.05, 0.1) is 23.3 Å². The lowest BCUT2D eigenvalue weighted by molar-refractivity contribution is -0.123. The van der Waals surface area contributed by atoms with Crippen molar-refractivity contribution in [3.63, 3.8) is 0 Å². The van der Waals surface area contributed by atoms with E-state index in [4.69, 9.17) is 23.2 Å². The van der Waals surface area contributed by atoms with Gasteiger partial charge in [-0.3, -0.25) is 9.59 Å². The maximum Gasteiger partial charge on any atom is 0.251 e. The van der Waals surface area contributed by atoms with Crippen LogP contribution < -0.4 is 10.6 Å². The Balaban J connectivity index is 1.53. The lowest BCUT2D eigenvalue weighted by Crippen LogP contribution is -2.23. The molecule has 27 heavy (non-hydrogen) atoms. The third kappa shape index (κ3) is 3.41. The van der Waals surface area contributed by atoms with Gasteiger partial charge in [0, 0.05) is 10.6 Å². The van der Waals surface area contributed by atoms with Crippen LogP contribution in [0.5, 0.6) is 0 Å². The Kier molecular flexibility index (Phi) is 4.59. The largest absolute Gasteiger partial charge is 0.325 e. The molecule has 1 atom stereocenters. The number of carbonyl (C=O) groups excluding carboxylic acids is 2. The minimum Gasteiger partial charge on any atom is -0.325 e. The molecule has 2 aromatic carbocycles. The van der Waals surface area contributed by atoms with Crippen molar-refractivity contribution in [2.75, 3.05) is 10.6 Å². The maximum atomic E-state index is 12.4. The molecule has 1 aliphatic rings. The number of rotatable bonds is 4. The first-order valence-corrected chi connectivity index (χ1v) is 8.97. The van der Waals surface area contributed by atoms with E-state index in [2.05, 4.69) is 15.7 Å². The SMILES string of the molecule is O=C(CC1C(=O)Nc2c(-c3ccccc3)cnn21)Nc1ccc(Cl)cc1Cl. The zero-order chi connectivity index (χ0) is 19.0. The highest BCUT2D eigenvalue weighted by Gasteiger charge is 2.35. The molecule has 0 aliphatic carbocycles. The monoisotopic (exact) mass is 400 g/mol. The number of aromatic nitrogens is 2. The number of benzene rings is 2. The molecule has 0 saturated carbocycles. The minimum absolute atomic E-state index is 0.0618. The van der Waals surface area contributed by atoms with E-state index < -0.39 is 6.04 Å². The standard InChI is InChI=1S/C19H14Cl2N4O2/c20-12-6-7-15(14(21)8-12)23-17(26)9-16-19(27)24-18-13(10-22-25(16)18)11-4-2-1-3-5-11/h1-8,10,16H,9H2,(H,23,26)(H,24,27). The molecule has 0 bridgehead atoms. The lowest BCUT2D eigenvalue weighted by atomic mass is 10.1. The summed E-state index contributed by atoms with van der Waals surface area (Å²) in [5.74, 6) is -0.0230. The van der Waals surface area contributed by atoms with E-state index in [1.54, 1.807) is 29.1 Å². The molecule has 2 heterocycles. The van der Waals surface area contributed by atoms with E-state index in [0.717, 1.165) is 11.1 Å². The van der Waals surface area contributed by atoms with Crippen molar-refractivity contribution in [1.29, 1.82) is 0 Å². The van der Waals surface area contributed by atoms with Gasteiger partial charge in [-0.15, -0.1) is 0 Å². The number of hydrogen-bond donors (Lipinski definition) is 2. The average Bonchev–Trinajstić information content (AvgIpc) is 3.18. The highest BCUT2D eigenvalue weighted by Crippen LogP contribution is 2.35. The molecule has 1 aromatic heterocycles. The number of halogens is 2. The molecular weight excluding hydrogens is 387 g/mol. The number of nitrogens with one attached hydrogen (secondary N) is 2. The van der Waals surface area contributed by atoms with Gasteiger partial charge in [-0.2, -0.15) is 5.10 Å². The fourth-order valence-electron chi connectivity index (χ4n) is 3.01. The van der Waals surface area contributed by atoms with Crippen LogP contribution in [0.1, 0.15) is 12.5 Å². The Labute approximate surface area is 165 Å². The van der Waals surface area contributed by atoms with Crippen molar-refractivity contribution in [3.8, 4) is 11.1 Å². The number of carbonyl (C=O) groups is 2. The molecule has 0 spiro atoms. The van der Waals surface area contributed by atoms with Crippen LogP contribution in [-0.2, 0) is 9.59 Å². The fraction of sp³-hybridized carbons (Fsp3) is 0.105. The molecule has 8 heteroatoms. The molecule has 4 rings (SSSR count). The first kappa shape index (κ1) is 17.6. The number of fused-ring (bicyclic) bond motifs is 1. The molecule has 6 nitrogen and oxygen atoms in total. The lowest BCUT2D eigenvalue weighted by Gasteiger charge is -2.11. The Morgan fingerprint density at radius 3 is 2.70 bits per heavy atom. The summed E-state index contributed by atoms with van der Waals surface area (Å²) in [7, 11) is 0. The molecule has 0 radical (unpaired) electrons. The normalized spacial score (nSPS) is 15.3. The zero-order valence-electron chi connectivity index (χ0n) is 13.9. The maximum absolute atomic E-state index is 12.4. The Morgan fingerprint density at radius 2 is 1.96 bits per heavy atom. The second-order valence-electron chi connectivity index (χ2n) is 6.10. The second-order valence-corrected chi connectivity index (χ2v) is 6.94. The quantitative estimate of drug-likeness (QED) is 0.681. The molecule has 3 aromatic rings. The van der Waals surface area contributed by atoms with Crippen molar-refractivity contribution in [3.05, 3.63) is 64.8 Å². The molecule has 1 aliphatic heterocycles. The summed E-state index contributed by atoms with van der Waals surface area (Å²) in [4.78, 5) is 24.8. The summed E-state index contributed by atoms with van der Waals surface area (Å²) >= 11 is 11.9. The van der Waals surface area contributed by atoms with Crippen LogP contribution >= 0.6 is 23.2 Å². The van der Waals surface area contributed by atoms with Gasteiger partial charge < -0.3 is 10.6 Å². The van der Waals surface area contributed by atoms with Crippen LogP contribution in [0.15, 0.2) is 54.7 Å². The van der Waals surface area contributed by atoms with Crippen molar-refractivity contribution in [1.82, 2.24) is 9.78 Å². The number of nitrogens with zero attached hydrogens (tertiary/aromatic N) is 2. The first-order valence-electron chi connectivity index (χ1n) is 8.21. The van der Waals surface area contributed by atoms with Gasteiger partial charge in [0.2, 0.25) is 5.91 Å². The summed E-state index contributed by atoms with van der Waals surface area (Å²) in [6, 6.07) is 13.7. The summed E-state index contributed by atoms with van der Waals surface area (Å²) in [6.07, 6.45) is 1.62. The molecule has 0 fully saturated rings. The van der Waals surface area contributed by atoms with Crippen LogP contribution in [0.4, 0.5) is 11.5 Å². The van der Waals surface area contributed by atoms with Crippen LogP contribution in [0.3, 0.4) is 0 Å². The summed E-state index contributed by atoms with van der Waals surface area (Å²) < 4.78 is 1.55. The third-order valence-corrected chi connectivity index (χ3v) is 4.85. The molecule has 0 saturated heterocycles. The van der Waals surface area contributed by atoms with E-state index in [1.165, 1.54) is 0 Å². The fourth-order valence-corrected chi connectivity index (χ4v) is 3.47. The van der Waals surface area contributed by atoms with Crippen molar-refractivity contribution in [2.24, 2.45) is 0 Å². The summed E-state index contributed by atoms with van der Waals surface area (Å²) in [5.41, 5.74) is 2.19. The first-order chi connectivity index (χ1) is 13.0. The molecule has 1 unspecified atom stereocenters. The van der Waals surface area contributed by atoms with Gasteiger partial charge in [-0.25, -0.2) is 4.68 Å². The van der Waals surface area contributed by atoms with E-state index in [0.29, 0.717) is 21.6 Å². The molecule has 136 valence electrons. The van der Waals surface area contributed by atoms with Crippen LogP contribution in [0.2, 0.25) is 10.0 Å². The van der Waals surface area contributed by atoms with Gasteiger partial charge in [-0.1, -0.05) is 53.5 Å². The Morgan fingerprint density at radius 1 is 1.19 bits per heavy atom. The zero-order valence-corrected chi connectivity index (χ0v) is 15.5. The Bertz CT molecular complexity index is 1030. The average molecular weight is 401 g/mol. The van der Waals surface area contributed by atoms with Gasteiger partial charge in [0.15, 0.2) is 0 Å². The number of hydrogen-bond acceptors (Lipinski definition) is 3. The van der Waals surface area contributed by atoms with Gasteiger partial charge in [0.25, 0.3) is 5.91 Å². The van der Waals surface area contributed by atoms with Gasteiger partial charge in [0.1, 0.15) is 11.9 Å². The highest BCUT2D eigenvalue weighted by molar-refractivity contribution is 6.36. The van der Waals surface area contributed by atoms with Crippen LogP contribution in [0.25, 0.3) is 11.1 Å². The van der Waals surface area contributed by atoms with E-state index in [1.807, 2.05) is 30.3 Å². The molecular formula is C19H14Cl2N4O2. The van der Waals surface area contributed by atoms with Gasteiger partial charge >= 0.3 is 0 Å².